The summed E-state index contributed by atoms with van der Waals surface area (Å²) >= 11 is 0. The van der Waals surface area contributed by atoms with Gasteiger partial charge in [0.05, 0.1) is 16.5 Å². The van der Waals surface area contributed by atoms with Crippen LogP contribution in [0.15, 0.2) is 52.1 Å². The lowest BCUT2D eigenvalue weighted by molar-refractivity contribution is -0.132. The van der Waals surface area contributed by atoms with Gasteiger partial charge >= 0.3 is 0 Å². The third kappa shape index (κ3) is 3.98. The molecule has 2 heterocycles. The fraction of sp³-hybridized carbons (Fsp3) is 0.273. The van der Waals surface area contributed by atoms with Crippen molar-refractivity contribution in [1.29, 1.82) is 0 Å². The first-order valence-electron chi connectivity index (χ1n) is 9.90. The summed E-state index contributed by atoms with van der Waals surface area (Å²) in [4.78, 5) is 52.3. The Morgan fingerprint density at radius 2 is 1.68 bits per heavy atom. The minimum atomic E-state index is -0.479. The van der Waals surface area contributed by atoms with Crippen molar-refractivity contribution in [2.75, 3.05) is 31.1 Å². The highest BCUT2D eigenvalue weighted by Crippen LogP contribution is 2.22. The Morgan fingerprint density at radius 1 is 1.00 bits per heavy atom. The molecule has 1 amide bonds. The van der Waals surface area contributed by atoms with E-state index in [1.165, 1.54) is 13.0 Å². The lowest BCUT2D eigenvalue weighted by atomic mass is 10.1. The normalized spacial score (nSPS) is 14.1. The van der Waals surface area contributed by atoms with Gasteiger partial charge in [0.2, 0.25) is 5.91 Å². The van der Waals surface area contributed by atoms with E-state index in [1.54, 1.807) is 41.3 Å². The zero-order valence-corrected chi connectivity index (χ0v) is 16.9. The van der Waals surface area contributed by atoms with Crippen LogP contribution in [0.25, 0.3) is 10.8 Å². The average molecular weight is 424 g/mol. The molecule has 0 spiro atoms. The van der Waals surface area contributed by atoms with Gasteiger partial charge in [0.15, 0.2) is 5.78 Å². The number of carbonyl (C=O) groups is 2. The summed E-state index contributed by atoms with van der Waals surface area (Å²) in [6, 6.07) is 10.8. The van der Waals surface area contributed by atoms with Crippen LogP contribution in [0.4, 0.5) is 10.1 Å². The molecule has 0 bridgehead atoms. The number of Topliss-reactive ketones (excluding diaryl/α,β-unsaturated/α-hetero) is 1. The van der Waals surface area contributed by atoms with Gasteiger partial charge < -0.3 is 9.80 Å². The molecule has 1 aromatic heterocycles. The van der Waals surface area contributed by atoms with E-state index in [1.807, 2.05) is 4.90 Å². The maximum atomic E-state index is 14.4. The van der Waals surface area contributed by atoms with Gasteiger partial charge in [-0.1, -0.05) is 12.1 Å². The largest absolute Gasteiger partial charge is 0.366 e. The van der Waals surface area contributed by atoms with Crippen LogP contribution in [0.3, 0.4) is 0 Å². The Kier molecular flexibility index (Phi) is 5.41. The van der Waals surface area contributed by atoms with Gasteiger partial charge in [0, 0.05) is 31.7 Å². The smallest absolute Gasteiger partial charge is 0.273 e. The lowest BCUT2D eigenvalue weighted by Crippen LogP contribution is -2.50. The first kappa shape index (κ1) is 20.5. The van der Waals surface area contributed by atoms with E-state index in [-0.39, 0.29) is 29.0 Å². The molecule has 1 fully saturated rings. The van der Waals surface area contributed by atoms with Crippen LogP contribution in [0.5, 0.6) is 0 Å². The van der Waals surface area contributed by atoms with Crippen molar-refractivity contribution < 1.29 is 14.0 Å². The monoisotopic (exact) mass is 424 g/mol. The number of benzene rings is 2. The fourth-order valence-electron chi connectivity index (χ4n) is 3.77. The Labute approximate surface area is 176 Å². The molecule has 0 aliphatic carbocycles. The summed E-state index contributed by atoms with van der Waals surface area (Å²) in [5.74, 6) is -0.990. The third-order valence-corrected chi connectivity index (χ3v) is 5.50. The highest BCUT2D eigenvalue weighted by molar-refractivity contribution is 5.94. The Morgan fingerprint density at radius 3 is 2.32 bits per heavy atom. The second-order valence-electron chi connectivity index (χ2n) is 7.47. The predicted octanol–water partition coefficient (Wildman–Crippen LogP) is 1.38. The van der Waals surface area contributed by atoms with Crippen molar-refractivity contribution in [2.45, 2.75) is 13.5 Å². The second kappa shape index (κ2) is 8.17. The zero-order chi connectivity index (χ0) is 22.1. The van der Waals surface area contributed by atoms with Crippen LogP contribution < -0.4 is 16.0 Å². The minimum absolute atomic E-state index is 0.206. The second-order valence-corrected chi connectivity index (χ2v) is 7.47. The number of fused-ring (bicyclic) bond motifs is 1. The van der Waals surface area contributed by atoms with Gasteiger partial charge in [-0.2, -0.15) is 0 Å². The summed E-state index contributed by atoms with van der Waals surface area (Å²) in [6.45, 7) is 2.61. The molecule has 2 aromatic carbocycles. The number of aromatic nitrogens is 2. The van der Waals surface area contributed by atoms with Crippen LogP contribution in [-0.4, -0.2) is 52.5 Å². The van der Waals surface area contributed by atoms with Crippen LogP contribution in [-0.2, 0) is 11.3 Å². The fourth-order valence-corrected chi connectivity index (χ4v) is 3.77. The van der Waals surface area contributed by atoms with Gasteiger partial charge in [-0.15, -0.1) is 0 Å². The average Bonchev–Trinajstić information content (AvgIpc) is 2.77. The molecule has 0 radical (unpaired) electrons. The number of anilines is 1. The molecule has 0 atom stereocenters. The van der Waals surface area contributed by atoms with E-state index in [0.717, 1.165) is 4.68 Å². The number of hydrogen-bond acceptors (Lipinski definition) is 5. The molecule has 1 saturated heterocycles. The highest BCUT2D eigenvalue weighted by atomic mass is 19.1. The number of hydrogen-bond donors (Lipinski definition) is 1. The molecular weight excluding hydrogens is 403 g/mol. The molecular formula is C22H21FN4O4. The van der Waals surface area contributed by atoms with E-state index in [2.05, 4.69) is 5.10 Å². The van der Waals surface area contributed by atoms with Crippen molar-refractivity contribution >= 4 is 28.2 Å². The molecule has 1 aliphatic heterocycles. The number of ketones is 1. The summed E-state index contributed by atoms with van der Waals surface area (Å²) in [5, 5.41) is 3.00. The van der Waals surface area contributed by atoms with Crippen LogP contribution in [0.2, 0.25) is 0 Å². The molecule has 4 rings (SSSR count). The van der Waals surface area contributed by atoms with E-state index in [0.29, 0.717) is 37.4 Å². The first-order valence-corrected chi connectivity index (χ1v) is 9.90. The molecule has 0 saturated carbocycles. The number of nitrogens with one attached hydrogen (secondary N) is 1. The summed E-state index contributed by atoms with van der Waals surface area (Å²) < 4.78 is 15.4. The number of piperazine rings is 1. The van der Waals surface area contributed by atoms with Crippen molar-refractivity contribution in [3.63, 3.8) is 0 Å². The summed E-state index contributed by atoms with van der Waals surface area (Å²) in [7, 11) is 0. The molecule has 1 N–H and O–H groups in total. The first-order chi connectivity index (χ1) is 14.8. The van der Waals surface area contributed by atoms with Crippen LogP contribution >= 0.6 is 0 Å². The summed E-state index contributed by atoms with van der Waals surface area (Å²) in [5.41, 5.74) is -0.177. The molecule has 160 valence electrons. The maximum absolute atomic E-state index is 14.4. The molecule has 31 heavy (non-hydrogen) atoms. The Balaban J connectivity index is 1.45. The van der Waals surface area contributed by atoms with Crippen LogP contribution in [0.1, 0.15) is 17.3 Å². The van der Waals surface area contributed by atoms with Crippen molar-refractivity contribution in [1.82, 2.24) is 14.7 Å². The minimum Gasteiger partial charge on any atom is -0.366 e. The number of rotatable bonds is 4. The molecule has 1 aliphatic rings. The SMILES string of the molecule is CC(=O)c1ccc(N2CCN(C(=O)Cn3[nH]c(=O)c4ccccc4c3=O)CC2)c(F)c1. The molecule has 8 nitrogen and oxygen atoms in total. The zero-order valence-electron chi connectivity index (χ0n) is 16.9. The molecule has 3 aromatic rings. The highest BCUT2D eigenvalue weighted by Gasteiger charge is 2.24. The Bertz CT molecular complexity index is 1290. The predicted molar refractivity (Wildman–Crippen MR) is 114 cm³/mol. The quantitative estimate of drug-likeness (QED) is 0.639. The van der Waals surface area contributed by atoms with Crippen molar-refractivity contribution in [3.8, 4) is 0 Å². The Hall–Kier alpha value is -3.75. The van der Waals surface area contributed by atoms with Gasteiger partial charge in [0.25, 0.3) is 11.1 Å². The van der Waals surface area contributed by atoms with E-state index in [9.17, 15) is 23.6 Å². The van der Waals surface area contributed by atoms with Gasteiger partial charge in [-0.3, -0.25) is 24.3 Å². The van der Waals surface area contributed by atoms with Crippen molar-refractivity contribution in [2.24, 2.45) is 0 Å². The molecule has 0 unspecified atom stereocenters. The van der Waals surface area contributed by atoms with Gasteiger partial charge in [0.1, 0.15) is 12.4 Å². The maximum Gasteiger partial charge on any atom is 0.273 e. The number of carbonyl (C=O) groups excluding carboxylic acids is 2. The van der Waals surface area contributed by atoms with E-state index in [4.69, 9.17) is 0 Å². The van der Waals surface area contributed by atoms with E-state index >= 15 is 0 Å². The standard InChI is InChI=1S/C22H21FN4O4/c1-14(28)15-6-7-19(18(23)12-15)25-8-10-26(11-9-25)20(29)13-27-22(31)17-5-3-2-4-16(17)21(30)24-27/h2-7,12H,8-11,13H2,1H3,(H,24,30). The third-order valence-electron chi connectivity index (χ3n) is 5.50. The van der Waals surface area contributed by atoms with E-state index < -0.39 is 16.9 Å². The lowest BCUT2D eigenvalue weighted by Gasteiger charge is -2.36. The number of halogens is 1. The summed E-state index contributed by atoms with van der Waals surface area (Å²) in [6.07, 6.45) is 0. The number of amides is 1. The van der Waals surface area contributed by atoms with Crippen molar-refractivity contribution in [3.05, 3.63) is 74.6 Å². The number of H-pyrrole nitrogens is 1. The number of aromatic amines is 1. The van der Waals surface area contributed by atoms with Crippen LogP contribution in [0, 0.1) is 5.82 Å². The van der Waals surface area contributed by atoms with Gasteiger partial charge in [-0.25, -0.2) is 9.07 Å². The molecule has 9 heteroatoms. The van der Waals surface area contributed by atoms with Gasteiger partial charge in [-0.05, 0) is 37.3 Å². The number of nitrogens with zero attached hydrogens (tertiary/aromatic N) is 3. The topological polar surface area (TPSA) is 95.5 Å².